The van der Waals surface area contributed by atoms with Gasteiger partial charge in [0.15, 0.2) is 11.5 Å². The van der Waals surface area contributed by atoms with E-state index in [1.807, 2.05) is 6.07 Å². The summed E-state index contributed by atoms with van der Waals surface area (Å²) in [6.45, 7) is 0. The summed E-state index contributed by atoms with van der Waals surface area (Å²) in [5.41, 5.74) is 0.709. The Kier molecular flexibility index (Phi) is 6.27. The van der Waals surface area contributed by atoms with Gasteiger partial charge < -0.3 is 19.5 Å². The number of methoxy groups -OCH3 is 2. The van der Waals surface area contributed by atoms with Gasteiger partial charge in [-0.2, -0.15) is 5.26 Å². The molecular weight excluding hydrogens is 360 g/mol. The van der Waals surface area contributed by atoms with E-state index in [1.165, 1.54) is 19.5 Å². The van der Waals surface area contributed by atoms with Crippen LogP contribution in [-0.4, -0.2) is 42.2 Å². The first-order valence-electron chi connectivity index (χ1n) is 9.05. The summed E-state index contributed by atoms with van der Waals surface area (Å²) < 4.78 is 16.3. The van der Waals surface area contributed by atoms with Crippen LogP contribution in [0.1, 0.15) is 41.7 Å². The standard InChI is InChI=1S/C20H22N4O4/c1-26-17-8-3-13(11-18(17)27-2)19(25)24-14-4-6-15(7-5-14)28-20-16(12-21)22-9-10-23-20/h3,8-11,14-15H,4-7H2,1-2H3,(H,24,25). The highest BCUT2D eigenvalue weighted by atomic mass is 16.5. The molecule has 2 aromatic rings. The predicted molar refractivity (Wildman–Crippen MR) is 100 cm³/mol. The molecular formula is C20H22N4O4. The van der Waals surface area contributed by atoms with E-state index in [0.29, 0.717) is 17.1 Å². The van der Waals surface area contributed by atoms with Crippen LogP contribution < -0.4 is 19.5 Å². The van der Waals surface area contributed by atoms with E-state index in [2.05, 4.69) is 15.3 Å². The van der Waals surface area contributed by atoms with Crippen LogP contribution >= 0.6 is 0 Å². The maximum atomic E-state index is 12.5. The number of ether oxygens (including phenoxy) is 3. The second-order valence-corrected chi connectivity index (χ2v) is 6.46. The molecule has 1 N–H and O–H groups in total. The number of amides is 1. The third kappa shape index (κ3) is 4.49. The van der Waals surface area contributed by atoms with Crippen LogP contribution in [0.3, 0.4) is 0 Å². The summed E-state index contributed by atoms with van der Waals surface area (Å²) in [6.07, 6.45) is 6.02. The molecule has 8 nitrogen and oxygen atoms in total. The second kappa shape index (κ2) is 9.04. The minimum absolute atomic E-state index is 0.0435. The lowest BCUT2D eigenvalue weighted by Crippen LogP contribution is -2.39. The van der Waals surface area contributed by atoms with Gasteiger partial charge in [0.2, 0.25) is 5.69 Å². The highest BCUT2D eigenvalue weighted by molar-refractivity contribution is 5.95. The van der Waals surface area contributed by atoms with E-state index in [0.717, 1.165) is 25.7 Å². The summed E-state index contributed by atoms with van der Waals surface area (Å²) in [6, 6.07) is 7.14. The molecule has 1 aliphatic rings. The zero-order valence-corrected chi connectivity index (χ0v) is 15.8. The van der Waals surface area contributed by atoms with Gasteiger partial charge in [0.05, 0.1) is 14.2 Å². The number of benzene rings is 1. The van der Waals surface area contributed by atoms with Crippen molar-refractivity contribution >= 4 is 5.91 Å². The van der Waals surface area contributed by atoms with Crippen LogP contribution in [0.4, 0.5) is 0 Å². The molecule has 1 saturated carbocycles. The van der Waals surface area contributed by atoms with Crippen LogP contribution in [-0.2, 0) is 0 Å². The molecule has 1 amide bonds. The molecule has 0 unspecified atom stereocenters. The van der Waals surface area contributed by atoms with Crippen molar-refractivity contribution < 1.29 is 19.0 Å². The Hall–Kier alpha value is -3.34. The normalized spacial score (nSPS) is 18.6. The predicted octanol–water partition coefficient (Wildman–Crippen LogP) is 2.49. The fourth-order valence-electron chi connectivity index (χ4n) is 3.22. The maximum absolute atomic E-state index is 12.5. The Bertz CT molecular complexity index is 873. The second-order valence-electron chi connectivity index (χ2n) is 6.46. The molecule has 0 bridgehead atoms. The molecule has 1 aliphatic carbocycles. The number of nitrogens with zero attached hydrogens (tertiary/aromatic N) is 3. The van der Waals surface area contributed by atoms with Crippen molar-refractivity contribution in [1.82, 2.24) is 15.3 Å². The molecule has 1 fully saturated rings. The van der Waals surface area contributed by atoms with Crippen LogP contribution in [0.2, 0.25) is 0 Å². The van der Waals surface area contributed by atoms with Crippen LogP contribution in [0, 0.1) is 11.3 Å². The van der Waals surface area contributed by atoms with Crippen molar-refractivity contribution in [2.24, 2.45) is 0 Å². The summed E-state index contributed by atoms with van der Waals surface area (Å²) in [4.78, 5) is 20.6. The van der Waals surface area contributed by atoms with Crippen molar-refractivity contribution in [2.75, 3.05) is 14.2 Å². The molecule has 1 aromatic carbocycles. The smallest absolute Gasteiger partial charge is 0.251 e. The highest BCUT2D eigenvalue weighted by Gasteiger charge is 2.25. The van der Waals surface area contributed by atoms with E-state index in [-0.39, 0.29) is 29.6 Å². The number of carbonyl (C=O) groups excluding carboxylic acids is 1. The monoisotopic (exact) mass is 382 g/mol. The molecule has 8 heteroatoms. The SMILES string of the molecule is COc1ccc(C(=O)NC2CCC(Oc3nccnc3C#N)CC2)cc1OC. The van der Waals surface area contributed by atoms with E-state index in [9.17, 15) is 4.79 Å². The molecule has 0 radical (unpaired) electrons. The Balaban J connectivity index is 1.54. The lowest BCUT2D eigenvalue weighted by Gasteiger charge is -2.29. The van der Waals surface area contributed by atoms with Crippen LogP contribution in [0.5, 0.6) is 17.4 Å². The number of rotatable bonds is 6. The Labute approximate surface area is 163 Å². The lowest BCUT2D eigenvalue weighted by atomic mass is 9.92. The molecule has 146 valence electrons. The zero-order valence-electron chi connectivity index (χ0n) is 15.8. The summed E-state index contributed by atoms with van der Waals surface area (Å²) in [7, 11) is 3.09. The van der Waals surface area contributed by atoms with Gasteiger partial charge in [0.25, 0.3) is 11.8 Å². The van der Waals surface area contributed by atoms with Crippen molar-refractivity contribution in [3.05, 3.63) is 41.9 Å². The molecule has 0 aliphatic heterocycles. The molecule has 1 aromatic heterocycles. The first kappa shape index (κ1) is 19.4. The Morgan fingerprint density at radius 3 is 2.50 bits per heavy atom. The summed E-state index contributed by atoms with van der Waals surface area (Å²) in [5, 5.41) is 12.1. The quantitative estimate of drug-likeness (QED) is 0.818. The molecule has 28 heavy (non-hydrogen) atoms. The van der Waals surface area contributed by atoms with Gasteiger partial charge in [-0.25, -0.2) is 9.97 Å². The van der Waals surface area contributed by atoms with E-state index in [4.69, 9.17) is 19.5 Å². The maximum Gasteiger partial charge on any atom is 0.251 e. The van der Waals surface area contributed by atoms with Crippen molar-refractivity contribution in [1.29, 1.82) is 5.26 Å². The third-order valence-corrected chi connectivity index (χ3v) is 4.70. The van der Waals surface area contributed by atoms with Crippen LogP contribution in [0.25, 0.3) is 0 Å². The number of nitrogens with one attached hydrogen (secondary N) is 1. The average Bonchev–Trinajstić information content (AvgIpc) is 2.74. The van der Waals surface area contributed by atoms with Crippen molar-refractivity contribution in [3.8, 4) is 23.4 Å². The van der Waals surface area contributed by atoms with Gasteiger partial charge in [0, 0.05) is 24.0 Å². The van der Waals surface area contributed by atoms with Gasteiger partial charge in [-0.3, -0.25) is 4.79 Å². The van der Waals surface area contributed by atoms with Crippen molar-refractivity contribution in [2.45, 2.75) is 37.8 Å². The summed E-state index contributed by atoms with van der Waals surface area (Å²) >= 11 is 0. The molecule has 1 heterocycles. The number of hydrogen-bond donors (Lipinski definition) is 1. The van der Waals surface area contributed by atoms with Gasteiger partial charge in [0.1, 0.15) is 12.2 Å². The van der Waals surface area contributed by atoms with Gasteiger partial charge >= 0.3 is 0 Å². The zero-order chi connectivity index (χ0) is 19.9. The lowest BCUT2D eigenvalue weighted by molar-refractivity contribution is 0.0889. The topological polar surface area (TPSA) is 106 Å². The fourth-order valence-corrected chi connectivity index (χ4v) is 3.22. The van der Waals surface area contributed by atoms with Crippen LogP contribution in [0.15, 0.2) is 30.6 Å². The fraction of sp³-hybridized carbons (Fsp3) is 0.400. The Morgan fingerprint density at radius 1 is 1.11 bits per heavy atom. The van der Waals surface area contributed by atoms with E-state index >= 15 is 0 Å². The first-order valence-corrected chi connectivity index (χ1v) is 9.05. The van der Waals surface area contributed by atoms with E-state index < -0.39 is 0 Å². The minimum atomic E-state index is -0.147. The average molecular weight is 382 g/mol. The van der Waals surface area contributed by atoms with Gasteiger partial charge in [-0.15, -0.1) is 0 Å². The number of carbonyl (C=O) groups is 1. The molecule has 0 saturated heterocycles. The van der Waals surface area contributed by atoms with Crippen molar-refractivity contribution in [3.63, 3.8) is 0 Å². The van der Waals surface area contributed by atoms with Gasteiger partial charge in [-0.1, -0.05) is 0 Å². The minimum Gasteiger partial charge on any atom is -0.493 e. The number of hydrogen-bond acceptors (Lipinski definition) is 7. The first-order chi connectivity index (χ1) is 13.6. The number of aromatic nitrogens is 2. The molecule has 3 rings (SSSR count). The van der Waals surface area contributed by atoms with Gasteiger partial charge in [-0.05, 0) is 43.9 Å². The molecule has 0 atom stereocenters. The Morgan fingerprint density at radius 2 is 1.82 bits per heavy atom. The molecule has 0 spiro atoms. The summed E-state index contributed by atoms with van der Waals surface area (Å²) in [5.74, 6) is 1.22. The third-order valence-electron chi connectivity index (χ3n) is 4.70. The number of nitriles is 1. The highest BCUT2D eigenvalue weighted by Crippen LogP contribution is 2.28. The largest absolute Gasteiger partial charge is 0.493 e. The van der Waals surface area contributed by atoms with E-state index in [1.54, 1.807) is 25.3 Å².